The van der Waals surface area contributed by atoms with Crippen molar-refractivity contribution >= 4 is 44.6 Å². The molecule has 10 aromatic rings. The Labute approximate surface area is 378 Å². The van der Waals surface area contributed by atoms with Crippen LogP contribution in [0.4, 0.5) is 22.7 Å². The summed E-state index contributed by atoms with van der Waals surface area (Å²) in [5, 5.41) is 1.08. The first-order valence-electron chi connectivity index (χ1n) is 23.5. The van der Waals surface area contributed by atoms with Crippen molar-refractivity contribution in [2.75, 3.05) is 16.5 Å². The Balaban J connectivity index is 1.11. The molecule has 12 bridgehead atoms. The van der Waals surface area contributed by atoms with Crippen LogP contribution in [0.5, 0.6) is 23.0 Å². The number of pyridine rings is 1. The molecule has 8 aromatic carbocycles. The van der Waals surface area contributed by atoms with Crippen molar-refractivity contribution in [3.8, 4) is 62.2 Å². The number of para-hydroxylation sites is 4. The summed E-state index contributed by atoms with van der Waals surface area (Å²) in [6.07, 6.45) is 1.86. The molecule has 0 radical (unpaired) electrons. The van der Waals surface area contributed by atoms with Crippen LogP contribution in [0.25, 0.3) is 61.0 Å². The molecule has 0 atom stereocenters. The van der Waals surface area contributed by atoms with Gasteiger partial charge in [-0.25, -0.2) is 4.98 Å². The van der Waals surface area contributed by atoms with E-state index in [1.54, 1.807) is 0 Å². The van der Waals surface area contributed by atoms with Gasteiger partial charge in [-0.05, 0) is 100 Å². The molecule has 64 heavy (non-hydrogen) atoms. The van der Waals surface area contributed by atoms with E-state index in [1.807, 2.05) is 83.6 Å². The molecule has 13 rings (SSSR count). The van der Waals surface area contributed by atoms with Crippen LogP contribution in [0.2, 0.25) is 0 Å². The van der Waals surface area contributed by atoms with E-state index >= 15 is 0 Å². The van der Waals surface area contributed by atoms with Crippen molar-refractivity contribution in [3.63, 3.8) is 0 Å². The van der Waals surface area contributed by atoms with Crippen LogP contribution < -0.4 is 19.3 Å². The zero-order valence-electron chi connectivity index (χ0n) is 39.6. The SMILES string of the molecule is [2H]c1c([2H])c([2H])c2c(c1[2H])c1ccc3cc1n2-c1cc(C(C)(C)C)c(cn1)-c1cccc(c1)Oc1cccc(c1)-c1cccc(-c2ccccc2)c1N1CN(c2cccc(c2)O3)c2ccccc21. The maximum absolute atomic E-state index is 9.24. The van der Waals surface area contributed by atoms with Gasteiger partial charge in [0.2, 0.25) is 0 Å². The van der Waals surface area contributed by atoms with E-state index in [0.717, 1.165) is 61.7 Å². The fourth-order valence-corrected chi connectivity index (χ4v) is 9.40. The van der Waals surface area contributed by atoms with Crippen LogP contribution >= 0.6 is 0 Å². The minimum absolute atomic E-state index is 0.108. The second kappa shape index (κ2) is 14.8. The summed E-state index contributed by atoms with van der Waals surface area (Å²) in [5.74, 6) is 3.06. The fraction of sp³-hybridized carbons (Fsp3) is 0.0862. The zero-order chi connectivity index (χ0) is 46.4. The molecule has 0 amide bonds. The summed E-state index contributed by atoms with van der Waals surface area (Å²) in [6, 6.07) is 56.9. The van der Waals surface area contributed by atoms with E-state index in [4.69, 9.17) is 18.6 Å². The van der Waals surface area contributed by atoms with E-state index < -0.39 is 0 Å². The van der Waals surface area contributed by atoms with Crippen molar-refractivity contribution in [1.29, 1.82) is 0 Å². The molecule has 0 aliphatic carbocycles. The molecule has 308 valence electrons. The lowest BCUT2D eigenvalue weighted by Crippen LogP contribution is -2.25. The Morgan fingerprint density at radius 3 is 1.88 bits per heavy atom. The number of nitrogens with zero attached hydrogens (tertiary/aromatic N) is 4. The van der Waals surface area contributed by atoms with Gasteiger partial charge >= 0.3 is 0 Å². The highest BCUT2D eigenvalue weighted by atomic mass is 16.5. The summed E-state index contributed by atoms with van der Waals surface area (Å²) in [6.45, 7) is 7.01. The predicted octanol–water partition coefficient (Wildman–Crippen LogP) is 15.6. The highest BCUT2D eigenvalue weighted by molar-refractivity contribution is 6.09. The summed E-state index contributed by atoms with van der Waals surface area (Å²) in [7, 11) is 0. The third kappa shape index (κ3) is 6.37. The molecule has 5 heterocycles. The number of ether oxygens (including phenoxy) is 2. The van der Waals surface area contributed by atoms with Gasteiger partial charge in [0.15, 0.2) is 0 Å². The molecule has 3 aliphatic rings. The molecular weight excluding hydrogens is 785 g/mol. The Kier molecular flexibility index (Phi) is 7.74. The van der Waals surface area contributed by atoms with E-state index in [0.29, 0.717) is 57.3 Å². The van der Waals surface area contributed by atoms with Gasteiger partial charge < -0.3 is 19.3 Å². The van der Waals surface area contributed by atoms with Crippen LogP contribution in [0, 0.1) is 0 Å². The largest absolute Gasteiger partial charge is 0.457 e. The Bertz CT molecular complexity index is 3680. The molecule has 0 saturated carbocycles. The molecule has 0 fully saturated rings. The minimum Gasteiger partial charge on any atom is -0.457 e. The molecule has 3 aliphatic heterocycles. The lowest BCUT2D eigenvalue weighted by Gasteiger charge is -2.27. The van der Waals surface area contributed by atoms with Gasteiger partial charge in [0.25, 0.3) is 0 Å². The Morgan fingerprint density at radius 1 is 0.516 bits per heavy atom. The molecule has 0 spiro atoms. The molecule has 6 heteroatoms. The lowest BCUT2D eigenvalue weighted by atomic mass is 9.82. The molecule has 6 nitrogen and oxygen atoms in total. The lowest BCUT2D eigenvalue weighted by molar-refractivity contribution is 0.483. The van der Waals surface area contributed by atoms with Crippen molar-refractivity contribution in [1.82, 2.24) is 9.55 Å². The molecule has 2 aromatic heterocycles. The minimum atomic E-state index is -0.363. The number of hydrogen-bond acceptors (Lipinski definition) is 5. The number of rotatable bonds is 1. The summed E-state index contributed by atoms with van der Waals surface area (Å²) >= 11 is 0. The van der Waals surface area contributed by atoms with Gasteiger partial charge in [-0.2, -0.15) is 0 Å². The van der Waals surface area contributed by atoms with E-state index in [2.05, 4.69) is 128 Å². The first kappa shape index (κ1) is 33.5. The number of fused-ring (bicyclic) bond motifs is 5. The van der Waals surface area contributed by atoms with Gasteiger partial charge in [-0.3, -0.25) is 4.57 Å². The van der Waals surface area contributed by atoms with Crippen molar-refractivity contribution in [2.45, 2.75) is 26.2 Å². The Hall–Kier alpha value is -8.09. The highest BCUT2D eigenvalue weighted by Crippen LogP contribution is 2.51. The van der Waals surface area contributed by atoms with Crippen LogP contribution in [0.1, 0.15) is 31.8 Å². The smallest absolute Gasteiger partial charge is 0.137 e. The third-order valence-electron chi connectivity index (χ3n) is 12.3. The predicted molar refractivity (Wildman–Crippen MR) is 262 cm³/mol. The highest BCUT2D eigenvalue weighted by Gasteiger charge is 2.32. The first-order valence-corrected chi connectivity index (χ1v) is 21.5. The fourth-order valence-electron chi connectivity index (χ4n) is 9.40. The number of benzene rings is 8. The number of hydrogen-bond donors (Lipinski definition) is 0. The zero-order valence-corrected chi connectivity index (χ0v) is 35.6. The average molecular weight is 833 g/mol. The number of anilines is 4. The Morgan fingerprint density at radius 2 is 1.12 bits per heavy atom. The quantitative estimate of drug-likeness (QED) is 0.165. The molecule has 0 N–H and O–H groups in total. The monoisotopic (exact) mass is 832 g/mol. The topological polar surface area (TPSA) is 42.8 Å². The van der Waals surface area contributed by atoms with Crippen LogP contribution in [-0.4, -0.2) is 16.2 Å². The number of aromatic nitrogens is 2. The van der Waals surface area contributed by atoms with Crippen molar-refractivity contribution < 1.29 is 15.0 Å². The maximum atomic E-state index is 9.24. The van der Waals surface area contributed by atoms with Crippen molar-refractivity contribution in [2.24, 2.45) is 0 Å². The molecule has 0 saturated heterocycles. The van der Waals surface area contributed by atoms with E-state index in [9.17, 15) is 1.37 Å². The summed E-state index contributed by atoms with van der Waals surface area (Å²) < 4.78 is 51.1. The maximum Gasteiger partial charge on any atom is 0.137 e. The van der Waals surface area contributed by atoms with Gasteiger partial charge in [-0.1, -0.05) is 130 Å². The van der Waals surface area contributed by atoms with Gasteiger partial charge in [-0.15, -0.1) is 0 Å². The van der Waals surface area contributed by atoms with Gasteiger partial charge in [0, 0.05) is 51.5 Å². The second-order valence-electron chi connectivity index (χ2n) is 17.4. The van der Waals surface area contributed by atoms with E-state index in [-0.39, 0.29) is 29.6 Å². The van der Waals surface area contributed by atoms with Gasteiger partial charge in [0.05, 0.1) is 33.6 Å². The second-order valence-corrected chi connectivity index (χ2v) is 17.4. The first-order chi connectivity index (χ1) is 33.0. The summed E-state index contributed by atoms with van der Waals surface area (Å²) in [4.78, 5) is 9.81. The normalized spacial score (nSPS) is 13.9. The molecular formula is C58H44N4O2. The summed E-state index contributed by atoms with van der Waals surface area (Å²) in [5.41, 5.74) is 11.9. The third-order valence-corrected chi connectivity index (χ3v) is 12.3. The van der Waals surface area contributed by atoms with Crippen LogP contribution in [0.3, 0.4) is 0 Å². The van der Waals surface area contributed by atoms with E-state index in [1.165, 1.54) is 0 Å². The standard InChI is InChI=1S/C58H44N4O2/c1-58(2,3)51-35-56-59-36-50(51)40-18-12-21-43(32-40)63-42-20-11-17-39(31-42)47-25-14-24-46(38-15-5-4-6-16-38)57(47)61-37-60(53-27-9-10-28-54(53)61)41-19-13-22-44(33-41)64-45-29-30-49-48-23-7-8-26-52(48)62(56)55(49)34-45/h4-36H,37H2,1-3H3/i7D,8D,23D,26D. The average Bonchev–Trinajstić information content (AvgIpc) is 3.91. The van der Waals surface area contributed by atoms with Gasteiger partial charge in [0.1, 0.15) is 35.5 Å². The molecule has 0 unspecified atom stereocenters. The van der Waals surface area contributed by atoms with Crippen LogP contribution in [-0.2, 0) is 5.41 Å². The van der Waals surface area contributed by atoms with Crippen LogP contribution in [0.15, 0.2) is 200 Å². The van der Waals surface area contributed by atoms with Crippen molar-refractivity contribution in [3.05, 3.63) is 206 Å².